The topological polar surface area (TPSA) is 29.5 Å². The van der Waals surface area contributed by atoms with Crippen molar-refractivity contribution in [3.63, 3.8) is 0 Å². The highest BCUT2D eigenvalue weighted by Gasteiger charge is 2.17. The molecule has 7 heavy (non-hydrogen) atoms. The van der Waals surface area contributed by atoms with Crippen LogP contribution < -0.4 is 0 Å². The molecule has 1 fully saturated rings. The third-order valence-corrected chi connectivity index (χ3v) is 1.08. The van der Waals surface area contributed by atoms with Crippen LogP contribution in [0.1, 0.15) is 12.8 Å². The number of rotatable bonds is 2. The van der Waals surface area contributed by atoms with Crippen LogP contribution in [-0.4, -0.2) is 18.3 Å². The fraction of sp³-hybridized carbons (Fsp3) is 0.800. The van der Waals surface area contributed by atoms with Crippen LogP contribution in [0.4, 0.5) is 0 Å². The minimum atomic E-state index is 0.231. The summed E-state index contributed by atoms with van der Waals surface area (Å²) in [6.07, 6.45) is 2.85. The van der Waals surface area contributed by atoms with Gasteiger partial charge in [-0.15, -0.1) is 0 Å². The first-order valence-corrected chi connectivity index (χ1v) is 2.52. The lowest BCUT2D eigenvalue weighted by Crippen LogP contribution is -2.18. The first kappa shape index (κ1) is 5.06. The van der Waals surface area contributed by atoms with Gasteiger partial charge < -0.3 is 9.84 Å². The van der Waals surface area contributed by atoms with E-state index in [4.69, 9.17) is 9.84 Å². The van der Waals surface area contributed by atoms with E-state index in [1.165, 1.54) is 0 Å². The summed E-state index contributed by atoms with van der Waals surface area (Å²) in [6.45, 7) is 1.09. The lowest BCUT2D eigenvalue weighted by atomic mass is 10.1. The molecule has 0 spiro atoms. The molecular weight excluding hydrogens is 92.1 g/mol. The molecule has 1 saturated heterocycles. The maximum absolute atomic E-state index is 8.30. The van der Waals surface area contributed by atoms with Crippen LogP contribution in [0, 0.1) is 6.10 Å². The number of ether oxygens (including phenoxy) is 1. The molecule has 1 rings (SSSR count). The summed E-state index contributed by atoms with van der Waals surface area (Å²) >= 11 is 0. The zero-order valence-corrected chi connectivity index (χ0v) is 4.18. The SMILES string of the molecule is OCC[C]1CCO1. The van der Waals surface area contributed by atoms with Crippen LogP contribution in [0.5, 0.6) is 0 Å². The smallest absolute Gasteiger partial charge is 0.102 e. The van der Waals surface area contributed by atoms with Crippen LogP contribution in [-0.2, 0) is 4.74 Å². The van der Waals surface area contributed by atoms with Crippen LogP contribution in [0.2, 0.25) is 0 Å². The van der Waals surface area contributed by atoms with Gasteiger partial charge in [0.2, 0.25) is 0 Å². The van der Waals surface area contributed by atoms with Gasteiger partial charge in [-0.1, -0.05) is 0 Å². The second-order valence-corrected chi connectivity index (χ2v) is 1.61. The van der Waals surface area contributed by atoms with Gasteiger partial charge in [-0.3, -0.25) is 0 Å². The van der Waals surface area contributed by atoms with E-state index in [2.05, 4.69) is 0 Å². The van der Waals surface area contributed by atoms with E-state index in [-0.39, 0.29) is 6.61 Å². The first-order valence-electron chi connectivity index (χ1n) is 2.52. The van der Waals surface area contributed by atoms with Gasteiger partial charge in [0.25, 0.3) is 0 Å². The van der Waals surface area contributed by atoms with Crippen LogP contribution >= 0.6 is 0 Å². The maximum atomic E-state index is 8.30. The molecule has 0 atom stereocenters. The molecule has 1 heterocycles. The van der Waals surface area contributed by atoms with Gasteiger partial charge in [0.05, 0.1) is 6.61 Å². The molecule has 0 aromatic rings. The van der Waals surface area contributed by atoms with E-state index in [1.54, 1.807) is 0 Å². The molecular formula is C5H9O2. The monoisotopic (exact) mass is 101 g/mol. The summed E-state index contributed by atoms with van der Waals surface area (Å²) in [5.74, 6) is 0. The second-order valence-electron chi connectivity index (χ2n) is 1.61. The average Bonchev–Trinajstić information content (AvgIpc) is 1.55. The maximum Gasteiger partial charge on any atom is 0.102 e. The van der Waals surface area contributed by atoms with Crippen molar-refractivity contribution in [3.05, 3.63) is 6.10 Å². The number of hydrogen-bond acceptors (Lipinski definition) is 2. The number of aliphatic hydroxyl groups is 1. The highest BCUT2D eigenvalue weighted by molar-refractivity contribution is 4.84. The quantitative estimate of drug-likeness (QED) is 0.542. The molecule has 1 aliphatic rings. The van der Waals surface area contributed by atoms with Crippen LogP contribution in [0.3, 0.4) is 0 Å². The summed E-state index contributed by atoms with van der Waals surface area (Å²) in [7, 11) is 0. The van der Waals surface area contributed by atoms with E-state index in [0.717, 1.165) is 25.6 Å². The average molecular weight is 101 g/mol. The van der Waals surface area contributed by atoms with Crippen LogP contribution in [0.15, 0.2) is 0 Å². The van der Waals surface area contributed by atoms with Gasteiger partial charge >= 0.3 is 0 Å². The Hall–Kier alpha value is -0.0800. The molecule has 1 aliphatic heterocycles. The van der Waals surface area contributed by atoms with Crippen LogP contribution in [0.25, 0.3) is 0 Å². The van der Waals surface area contributed by atoms with Gasteiger partial charge in [0.15, 0.2) is 0 Å². The molecule has 2 heteroatoms. The molecule has 41 valence electrons. The fourth-order valence-electron chi connectivity index (χ4n) is 0.568. The summed E-state index contributed by atoms with van der Waals surface area (Å²) in [5.41, 5.74) is 0. The predicted octanol–water partition coefficient (Wildman–Crippen LogP) is 0.321. The second kappa shape index (κ2) is 2.28. The molecule has 0 unspecified atom stereocenters. The Kier molecular flexibility index (Phi) is 1.65. The first-order chi connectivity index (χ1) is 3.43. The third kappa shape index (κ3) is 1.14. The van der Waals surface area contributed by atoms with E-state index < -0.39 is 0 Å². The lowest BCUT2D eigenvalue weighted by molar-refractivity contribution is 0.0264. The summed E-state index contributed by atoms with van der Waals surface area (Å²) in [4.78, 5) is 0. The number of aliphatic hydroxyl groups excluding tert-OH is 1. The fourth-order valence-corrected chi connectivity index (χ4v) is 0.568. The molecule has 0 aromatic heterocycles. The van der Waals surface area contributed by atoms with Gasteiger partial charge in [-0.05, 0) is 0 Å². The Labute approximate surface area is 43.1 Å². The van der Waals surface area contributed by atoms with Crippen molar-refractivity contribution in [2.75, 3.05) is 13.2 Å². The minimum Gasteiger partial charge on any atom is -0.396 e. The summed E-state index contributed by atoms with van der Waals surface area (Å²) in [5, 5.41) is 8.30. The Bertz CT molecular complexity index is 50.0. The minimum absolute atomic E-state index is 0.231. The Morgan fingerprint density at radius 2 is 2.43 bits per heavy atom. The zero-order valence-electron chi connectivity index (χ0n) is 4.18. The third-order valence-electron chi connectivity index (χ3n) is 1.08. The Morgan fingerprint density at radius 3 is 2.57 bits per heavy atom. The predicted molar refractivity (Wildman–Crippen MR) is 25.5 cm³/mol. The Morgan fingerprint density at radius 1 is 1.71 bits per heavy atom. The standard InChI is InChI=1S/C5H9O2/c6-3-1-5-2-4-7-5/h6H,1-4H2. The van der Waals surface area contributed by atoms with E-state index in [1.807, 2.05) is 0 Å². The van der Waals surface area contributed by atoms with Gasteiger partial charge in [-0.2, -0.15) is 0 Å². The highest BCUT2D eigenvalue weighted by atomic mass is 16.5. The lowest BCUT2D eigenvalue weighted by Gasteiger charge is -2.23. The molecule has 0 aromatic carbocycles. The van der Waals surface area contributed by atoms with Crippen molar-refractivity contribution in [1.82, 2.24) is 0 Å². The molecule has 2 nitrogen and oxygen atoms in total. The van der Waals surface area contributed by atoms with Gasteiger partial charge in [0, 0.05) is 19.4 Å². The van der Waals surface area contributed by atoms with E-state index in [9.17, 15) is 0 Å². The van der Waals surface area contributed by atoms with Gasteiger partial charge in [-0.25, -0.2) is 0 Å². The van der Waals surface area contributed by atoms with Crippen molar-refractivity contribution in [2.24, 2.45) is 0 Å². The van der Waals surface area contributed by atoms with Crippen molar-refractivity contribution in [1.29, 1.82) is 0 Å². The number of hydrogen-bond donors (Lipinski definition) is 1. The van der Waals surface area contributed by atoms with Gasteiger partial charge in [0.1, 0.15) is 6.10 Å². The summed E-state index contributed by atoms with van der Waals surface area (Å²) in [6, 6.07) is 0. The largest absolute Gasteiger partial charge is 0.396 e. The van der Waals surface area contributed by atoms with Crippen molar-refractivity contribution < 1.29 is 9.84 Å². The molecule has 0 amide bonds. The Balaban J connectivity index is 1.93. The van der Waals surface area contributed by atoms with Crippen molar-refractivity contribution in [2.45, 2.75) is 12.8 Å². The molecule has 0 saturated carbocycles. The van der Waals surface area contributed by atoms with E-state index >= 15 is 0 Å². The van der Waals surface area contributed by atoms with Crippen molar-refractivity contribution in [3.8, 4) is 0 Å². The molecule has 0 aliphatic carbocycles. The molecule has 0 bridgehead atoms. The highest BCUT2D eigenvalue weighted by Crippen LogP contribution is 2.21. The normalized spacial score (nSPS) is 21.9. The van der Waals surface area contributed by atoms with E-state index in [0.29, 0.717) is 0 Å². The van der Waals surface area contributed by atoms with Crippen molar-refractivity contribution >= 4 is 0 Å². The molecule has 1 N–H and O–H groups in total. The summed E-state index contributed by atoms with van der Waals surface area (Å²) < 4.78 is 4.93. The molecule has 1 radical (unpaired) electrons. The zero-order chi connectivity index (χ0) is 5.11.